The van der Waals surface area contributed by atoms with Gasteiger partial charge in [-0.1, -0.05) is 49.2 Å². The van der Waals surface area contributed by atoms with Gasteiger partial charge in [0, 0.05) is 25.5 Å². The van der Waals surface area contributed by atoms with Crippen molar-refractivity contribution in [3.05, 3.63) is 66.0 Å². The molecule has 3 amide bonds. The van der Waals surface area contributed by atoms with Crippen LogP contribution in [0.3, 0.4) is 0 Å². The normalized spacial score (nSPS) is 17.9. The Hall–Kier alpha value is -3.22. The van der Waals surface area contributed by atoms with Gasteiger partial charge in [0.1, 0.15) is 0 Å². The van der Waals surface area contributed by atoms with Gasteiger partial charge in [-0.2, -0.15) is 0 Å². The number of hydrogen-bond donors (Lipinski definition) is 2. The summed E-state index contributed by atoms with van der Waals surface area (Å²) in [4.78, 5) is 43.7. The Morgan fingerprint density at radius 2 is 1.87 bits per heavy atom. The highest BCUT2D eigenvalue weighted by atomic mass is 16.2. The van der Waals surface area contributed by atoms with Gasteiger partial charge in [0.15, 0.2) is 0 Å². The first-order valence-corrected chi connectivity index (χ1v) is 10.9. The first-order valence-electron chi connectivity index (χ1n) is 10.9. The van der Waals surface area contributed by atoms with Crippen molar-refractivity contribution in [2.45, 2.75) is 44.6 Å². The summed E-state index contributed by atoms with van der Waals surface area (Å²) in [5, 5.41) is 5.69. The predicted octanol–water partition coefficient (Wildman–Crippen LogP) is 2.39. The van der Waals surface area contributed by atoms with Crippen molar-refractivity contribution in [1.82, 2.24) is 20.5 Å². The zero-order chi connectivity index (χ0) is 21.9. The Labute approximate surface area is 183 Å². The molecular formula is C24H30N4O3. The maximum absolute atomic E-state index is 13.2. The van der Waals surface area contributed by atoms with Gasteiger partial charge in [-0.25, -0.2) is 0 Å². The van der Waals surface area contributed by atoms with Crippen molar-refractivity contribution in [2.75, 3.05) is 19.6 Å². The summed E-state index contributed by atoms with van der Waals surface area (Å²) in [5.41, 5.74) is 1.72. The molecule has 1 fully saturated rings. The van der Waals surface area contributed by atoms with Crippen LogP contribution in [0.1, 0.15) is 49.3 Å². The molecule has 0 saturated carbocycles. The van der Waals surface area contributed by atoms with Crippen LogP contribution >= 0.6 is 0 Å². The highest BCUT2D eigenvalue weighted by Crippen LogP contribution is 2.25. The van der Waals surface area contributed by atoms with Crippen molar-refractivity contribution in [2.24, 2.45) is 0 Å². The van der Waals surface area contributed by atoms with E-state index in [-0.39, 0.29) is 43.1 Å². The van der Waals surface area contributed by atoms with Crippen molar-refractivity contribution < 1.29 is 14.4 Å². The Kier molecular flexibility index (Phi) is 8.58. The van der Waals surface area contributed by atoms with Gasteiger partial charge in [0.05, 0.1) is 25.4 Å². The molecule has 2 heterocycles. The molecule has 3 rings (SSSR count). The van der Waals surface area contributed by atoms with E-state index < -0.39 is 0 Å². The van der Waals surface area contributed by atoms with E-state index in [1.54, 1.807) is 23.4 Å². The van der Waals surface area contributed by atoms with Crippen LogP contribution in [0.2, 0.25) is 0 Å². The number of pyridine rings is 1. The molecule has 1 aliphatic heterocycles. The Morgan fingerprint density at radius 1 is 1.06 bits per heavy atom. The third-order valence-corrected chi connectivity index (χ3v) is 5.43. The third-order valence-electron chi connectivity index (χ3n) is 5.43. The molecule has 7 heteroatoms. The zero-order valence-electron chi connectivity index (χ0n) is 17.8. The van der Waals surface area contributed by atoms with Crippen molar-refractivity contribution >= 4 is 17.7 Å². The van der Waals surface area contributed by atoms with Crippen LogP contribution in [0, 0.1) is 0 Å². The van der Waals surface area contributed by atoms with Crippen LogP contribution in [0.4, 0.5) is 0 Å². The summed E-state index contributed by atoms with van der Waals surface area (Å²) in [6, 6.07) is 12.9. The minimum absolute atomic E-state index is 0.0610. The monoisotopic (exact) mass is 422 g/mol. The van der Waals surface area contributed by atoms with E-state index in [4.69, 9.17) is 0 Å². The van der Waals surface area contributed by atoms with Crippen LogP contribution in [0.25, 0.3) is 0 Å². The predicted molar refractivity (Wildman–Crippen MR) is 118 cm³/mol. The fourth-order valence-electron chi connectivity index (χ4n) is 3.80. The zero-order valence-corrected chi connectivity index (χ0v) is 17.8. The SMILES string of the molecule is O=C(Cc1cccnc1)NCC(=O)N1CCCCCCNC(=O)CC1c1ccccc1. The van der Waals surface area contributed by atoms with Gasteiger partial charge in [-0.05, 0) is 30.0 Å². The molecule has 1 aliphatic rings. The highest BCUT2D eigenvalue weighted by Gasteiger charge is 2.27. The smallest absolute Gasteiger partial charge is 0.242 e. The minimum atomic E-state index is -0.359. The second kappa shape index (κ2) is 11.8. The molecule has 1 unspecified atom stereocenters. The van der Waals surface area contributed by atoms with Crippen LogP contribution in [-0.4, -0.2) is 47.2 Å². The molecule has 1 aromatic heterocycles. The molecule has 164 valence electrons. The molecule has 31 heavy (non-hydrogen) atoms. The third kappa shape index (κ3) is 7.20. The molecule has 0 spiro atoms. The molecule has 2 aromatic rings. The van der Waals surface area contributed by atoms with Gasteiger partial charge in [-0.3, -0.25) is 19.4 Å². The minimum Gasteiger partial charge on any atom is -0.356 e. The van der Waals surface area contributed by atoms with Crippen LogP contribution < -0.4 is 10.6 Å². The van der Waals surface area contributed by atoms with E-state index in [0.29, 0.717) is 13.1 Å². The van der Waals surface area contributed by atoms with E-state index in [0.717, 1.165) is 36.8 Å². The first-order chi connectivity index (χ1) is 15.1. The number of hydrogen-bond acceptors (Lipinski definition) is 4. The number of benzene rings is 1. The summed E-state index contributed by atoms with van der Waals surface area (Å²) in [5.74, 6) is -0.470. The highest BCUT2D eigenvalue weighted by molar-refractivity contribution is 5.86. The fraction of sp³-hybridized carbons (Fsp3) is 0.417. The van der Waals surface area contributed by atoms with E-state index in [1.807, 2.05) is 36.4 Å². The molecule has 0 bridgehead atoms. The second-order valence-corrected chi connectivity index (χ2v) is 7.80. The largest absolute Gasteiger partial charge is 0.356 e. The summed E-state index contributed by atoms with van der Waals surface area (Å²) in [7, 11) is 0. The topological polar surface area (TPSA) is 91.4 Å². The lowest BCUT2D eigenvalue weighted by atomic mass is 10.0. The lowest BCUT2D eigenvalue weighted by molar-refractivity contribution is -0.136. The number of rotatable bonds is 5. The van der Waals surface area contributed by atoms with Gasteiger partial charge in [-0.15, -0.1) is 0 Å². The molecule has 7 nitrogen and oxygen atoms in total. The maximum atomic E-state index is 13.2. The molecular weight excluding hydrogens is 392 g/mol. The molecule has 1 aromatic carbocycles. The van der Waals surface area contributed by atoms with E-state index in [1.165, 1.54) is 0 Å². The van der Waals surface area contributed by atoms with Gasteiger partial charge >= 0.3 is 0 Å². The van der Waals surface area contributed by atoms with Crippen LogP contribution in [0.5, 0.6) is 0 Å². The van der Waals surface area contributed by atoms with Gasteiger partial charge in [0.25, 0.3) is 0 Å². The summed E-state index contributed by atoms with van der Waals surface area (Å²) in [6.07, 6.45) is 7.49. The number of carbonyl (C=O) groups excluding carboxylic acids is 3. The standard InChI is InChI=1S/C24H30N4O3/c29-22(15-19-9-8-12-25-17-19)27-18-24(31)28-14-7-2-1-6-13-26-23(30)16-21(28)20-10-4-3-5-11-20/h3-5,8-12,17,21H,1-2,6-7,13-16,18H2,(H,26,30)(H,27,29). The lowest BCUT2D eigenvalue weighted by Gasteiger charge is -2.32. The van der Waals surface area contributed by atoms with Crippen molar-refractivity contribution in [3.63, 3.8) is 0 Å². The number of aromatic nitrogens is 1. The molecule has 2 N–H and O–H groups in total. The summed E-state index contributed by atoms with van der Waals surface area (Å²) >= 11 is 0. The second-order valence-electron chi connectivity index (χ2n) is 7.80. The quantitative estimate of drug-likeness (QED) is 0.774. The fourth-order valence-corrected chi connectivity index (χ4v) is 3.80. The van der Waals surface area contributed by atoms with E-state index in [9.17, 15) is 14.4 Å². The molecule has 0 radical (unpaired) electrons. The average Bonchev–Trinajstić information content (AvgIpc) is 2.83. The van der Waals surface area contributed by atoms with Gasteiger partial charge < -0.3 is 15.5 Å². The first kappa shape index (κ1) is 22.5. The summed E-state index contributed by atoms with van der Waals surface area (Å²) < 4.78 is 0. The Morgan fingerprint density at radius 3 is 2.65 bits per heavy atom. The molecule has 0 aliphatic carbocycles. The van der Waals surface area contributed by atoms with E-state index in [2.05, 4.69) is 15.6 Å². The van der Waals surface area contributed by atoms with E-state index >= 15 is 0 Å². The van der Waals surface area contributed by atoms with Gasteiger partial charge in [0.2, 0.25) is 17.7 Å². The number of amides is 3. The number of nitrogens with one attached hydrogen (secondary N) is 2. The molecule has 1 saturated heterocycles. The van der Waals surface area contributed by atoms with Crippen LogP contribution in [-0.2, 0) is 20.8 Å². The molecule has 1 atom stereocenters. The lowest BCUT2D eigenvalue weighted by Crippen LogP contribution is -2.44. The van der Waals surface area contributed by atoms with Crippen LogP contribution in [0.15, 0.2) is 54.9 Å². The number of carbonyl (C=O) groups is 3. The Balaban J connectivity index is 1.71. The Bertz CT molecular complexity index is 858. The summed E-state index contributed by atoms with van der Waals surface area (Å²) in [6.45, 7) is 1.13. The van der Waals surface area contributed by atoms with Crippen molar-refractivity contribution in [1.29, 1.82) is 0 Å². The maximum Gasteiger partial charge on any atom is 0.242 e. The number of nitrogens with zero attached hydrogens (tertiary/aromatic N) is 2. The van der Waals surface area contributed by atoms with Crippen molar-refractivity contribution in [3.8, 4) is 0 Å². The average molecular weight is 423 g/mol.